The summed E-state index contributed by atoms with van der Waals surface area (Å²) in [6.45, 7) is 0.534. The first kappa shape index (κ1) is 15.6. The van der Waals surface area contributed by atoms with Gasteiger partial charge in [-0.15, -0.1) is 11.3 Å². The maximum atomic E-state index is 12.6. The first-order chi connectivity index (χ1) is 12.3. The van der Waals surface area contributed by atoms with Gasteiger partial charge in [0.25, 0.3) is 5.91 Å². The summed E-state index contributed by atoms with van der Waals surface area (Å²) in [5, 5.41) is 6.09. The molecule has 0 unspecified atom stereocenters. The minimum absolute atomic E-state index is 0.0283. The molecule has 1 amide bonds. The Bertz CT molecular complexity index is 1000. The van der Waals surface area contributed by atoms with Crippen LogP contribution in [0.3, 0.4) is 0 Å². The number of carbonyl (C=O) groups excluding carboxylic acids is 1. The van der Waals surface area contributed by atoms with Crippen LogP contribution < -0.4 is 5.32 Å². The second kappa shape index (κ2) is 6.91. The highest BCUT2D eigenvalue weighted by Crippen LogP contribution is 2.24. The van der Waals surface area contributed by atoms with E-state index >= 15 is 0 Å². The summed E-state index contributed by atoms with van der Waals surface area (Å²) in [6, 6.07) is 15.9. The number of thiophene rings is 1. The second-order valence-corrected chi connectivity index (χ2v) is 6.81. The molecule has 0 saturated heterocycles. The molecule has 5 heteroatoms. The Morgan fingerprint density at radius 3 is 2.88 bits per heavy atom. The third-order valence-corrected chi connectivity index (χ3v) is 5.11. The monoisotopic (exact) mass is 347 g/mol. The molecule has 0 fully saturated rings. The fourth-order valence-electron chi connectivity index (χ4n) is 2.90. The predicted octanol–water partition coefficient (Wildman–Crippen LogP) is 4.15. The minimum atomic E-state index is -0.0283. The molecule has 0 bridgehead atoms. The molecule has 0 aliphatic rings. The van der Waals surface area contributed by atoms with Gasteiger partial charge in [-0.05, 0) is 34.7 Å². The lowest BCUT2D eigenvalue weighted by atomic mass is 10.1. The first-order valence-corrected chi connectivity index (χ1v) is 8.99. The van der Waals surface area contributed by atoms with Crippen LogP contribution in [0.15, 0.2) is 66.3 Å². The number of aromatic amines is 1. The van der Waals surface area contributed by atoms with Crippen LogP contribution in [0.4, 0.5) is 0 Å². The van der Waals surface area contributed by atoms with Gasteiger partial charge >= 0.3 is 0 Å². The maximum absolute atomic E-state index is 12.6. The summed E-state index contributed by atoms with van der Waals surface area (Å²) >= 11 is 1.61. The number of amides is 1. The van der Waals surface area contributed by atoms with E-state index in [-0.39, 0.29) is 5.91 Å². The number of fused-ring (bicyclic) bond motifs is 1. The second-order valence-electron chi connectivity index (χ2n) is 5.81. The third kappa shape index (κ3) is 3.32. The van der Waals surface area contributed by atoms with Crippen LogP contribution >= 0.6 is 11.3 Å². The summed E-state index contributed by atoms with van der Waals surface area (Å²) < 4.78 is 0. The van der Waals surface area contributed by atoms with Gasteiger partial charge in [-0.1, -0.05) is 30.3 Å². The van der Waals surface area contributed by atoms with Gasteiger partial charge in [-0.2, -0.15) is 0 Å². The predicted molar refractivity (Wildman–Crippen MR) is 101 cm³/mol. The summed E-state index contributed by atoms with van der Waals surface area (Å²) in [6.07, 6.45) is 4.42. The number of hydrogen-bond acceptors (Lipinski definition) is 3. The number of rotatable bonds is 5. The molecule has 4 rings (SSSR count). The van der Waals surface area contributed by atoms with E-state index in [0.717, 1.165) is 33.5 Å². The largest absolute Gasteiger partial charge is 0.348 e. The van der Waals surface area contributed by atoms with E-state index in [1.807, 2.05) is 60.1 Å². The van der Waals surface area contributed by atoms with Crippen molar-refractivity contribution in [2.75, 3.05) is 0 Å². The highest BCUT2D eigenvalue weighted by molar-refractivity contribution is 7.10. The quantitative estimate of drug-likeness (QED) is 0.570. The van der Waals surface area contributed by atoms with E-state index in [1.54, 1.807) is 17.5 Å². The molecule has 0 aliphatic carbocycles. The fraction of sp³-hybridized carbons (Fsp3) is 0.100. The van der Waals surface area contributed by atoms with Gasteiger partial charge in [-0.25, -0.2) is 4.98 Å². The van der Waals surface area contributed by atoms with Gasteiger partial charge in [0.1, 0.15) is 5.65 Å². The van der Waals surface area contributed by atoms with E-state index in [0.29, 0.717) is 6.54 Å². The summed E-state index contributed by atoms with van der Waals surface area (Å²) in [4.78, 5) is 21.1. The fourth-order valence-corrected chi connectivity index (χ4v) is 3.79. The van der Waals surface area contributed by atoms with E-state index in [9.17, 15) is 4.79 Å². The molecule has 0 radical (unpaired) electrons. The van der Waals surface area contributed by atoms with Crippen molar-refractivity contribution >= 4 is 28.3 Å². The Hall–Kier alpha value is -2.92. The molecule has 4 aromatic rings. The van der Waals surface area contributed by atoms with Crippen LogP contribution in [-0.2, 0) is 13.0 Å². The maximum Gasteiger partial charge on any atom is 0.252 e. The van der Waals surface area contributed by atoms with Crippen molar-refractivity contribution in [2.24, 2.45) is 0 Å². The molecular formula is C20H17N3OS. The number of nitrogens with zero attached hydrogens (tertiary/aromatic N) is 1. The van der Waals surface area contributed by atoms with Crippen molar-refractivity contribution in [1.82, 2.24) is 15.3 Å². The van der Waals surface area contributed by atoms with Crippen molar-refractivity contribution in [3.05, 3.63) is 87.9 Å². The Morgan fingerprint density at radius 1 is 1.12 bits per heavy atom. The lowest BCUT2D eigenvalue weighted by molar-refractivity contribution is 0.0950. The third-order valence-electron chi connectivity index (χ3n) is 4.19. The number of carbonyl (C=O) groups is 1. The summed E-state index contributed by atoms with van der Waals surface area (Å²) in [5.41, 5.74) is 3.90. The van der Waals surface area contributed by atoms with Crippen molar-refractivity contribution in [3.63, 3.8) is 0 Å². The van der Waals surface area contributed by atoms with Crippen LogP contribution in [0, 0.1) is 0 Å². The molecule has 2 N–H and O–H groups in total. The van der Waals surface area contributed by atoms with E-state index < -0.39 is 0 Å². The van der Waals surface area contributed by atoms with Gasteiger partial charge in [0.15, 0.2) is 0 Å². The molecule has 0 atom stereocenters. The molecule has 0 saturated carbocycles. The van der Waals surface area contributed by atoms with Gasteiger partial charge < -0.3 is 10.3 Å². The molecular weight excluding hydrogens is 330 g/mol. The van der Waals surface area contributed by atoms with Crippen LogP contribution in [-0.4, -0.2) is 15.9 Å². The van der Waals surface area contributed by atoms with Crippen LogP contribution in [0.1, 0.15) is 26.4 Å². The zero-order valence-corrected chi connectivity index (χ0v) is 14.3. The Balaban J connectivity index is 1.52. The molecule has 4 nitrogen and oxygen atoms in total. The lowest BCUT2D eigenvalue weighted by Gasteiger charge is -2.07. The number of benzene rings is 1. The average molecular weight is 347 g/mol. The number of aromatic nitrogens is 2. The summed E-state index contributed by atoms with van der Waals surface area (Å²) in [7, 11) is 0. The molecule has 0 aliphatic heterocycles. The normalized spacial score (nSPS) is 10.9. The molecule has 25 heavy (non-hydrogen) atoms. The molecule has 0 spiro atoms. The number of H-pyrrole nitrogens is 1. The van der Waals surface area contributed by atoms with Gasteiger partial charge in [0, 0.05) is 35.6 Å². The van der Waals surface area contributed by atoms with Crippen LogP contribution in [0.2, 0.25) is 0 Å². The highest BCUT2D eigenvalue weighted by atomic mass is 32.1. The highest BCUT2D eigenvalue weighted by Gasteiger charge is 2.14. The smallest absolute Gasteiger partial charge is 0.252 e. The van der Waals surface area contributed by atoms with Gasteiger partial charge in [-0.3, -0.25) is 4.79 Å². The van der Waals surface area contributed by atoms with Crippen molar-refractivity contribution in [3.8, 4) is 0 Å². The minimum Gasteiger partial charge on any atom is -0.348 e. The van der Waals surface area contributed by atoms with Gasteiger partial charge in [0.2, 0.25) is 0 Å². The van der Waals surface area contributed by atoms with Crippen molar-refractivity contribution < 1.29 is 4.79 Å². The molecule has 3 aromatic heterocycles. The molecule has 3 heterocycles. The number of nitrogens with one attached hydrogen (secondary N) is 2. The standard InChI is InChI=1S/C20H17N3OS/c24-20(23-13-14-4-2-1-3-5-14)17-8-11-25-18(17)12-15-6-9-21-19-16(15)7-10-22-19/h1-11H,12-13H2,(H,21,22)(H,23,24). The summed E-state index contributed by atoms with van der Waals surface area (Å²) in [5.74, 6) is -0.0283. The zero-order chi connectivity index (χ0) is 17.1. The Morgan fingerprint density at radius 2 is 2.00 bits per heavy atom. The zero-order valence-electron chi connectivity index (χ0n) is 13.5. The van der Waals surface area contributed by atoms with Gasteiger partial charge in [0.05, 0.1) is 5.56 Å². The first-order valence-electron chi connectivity index (χ1n) is 8.11. The molecule has 124 valence electrons. The lowest BCUT2D eigenvalue weighted by Crippen LogP contribution is -2.23. The SMILES string of the molecule is O=C(NCc1ccccc1)c1ccsc1Cc1ccnc2[nH]ccc12. The van der Waals surface area contributed by atoms with E-state index in [1.165, 1.54) is 5.56 Å². The van der Waals surface area contributed by atoms with Crippen LogP contribution in [0.25, 0.3) is 11.0 Å². The number of pyridine rings is 1. The average Bonchev–Trinajstić information content (AvgIpc) is 3.30. The Kier molecular flexibility index (Phi) is 4.31. The van der Waals surface area contributed by atoms with E-state index in [4.69, 9.17) is 0 Å². The van der Waals surface area contributed by atoms with Crippen molar-refractivity contribution in [2.45, 2.75) is 13.0 Å². The van der Waals surface area contributed by atoms with Crippen LogP contribution in [0.5, 0.6) is 0 Å². The van der Waals surface area contributed by atoms with E-state index in [2.05, 4.69) is 15.3 Å². The molecule has 1 aromatic carbocycles. The number of hydrogen-bond donors (Lipinski definition) is 2. The Labute approximate surface area is 149 Å². The van der Waals surface area contributed by atoms with Crippen molar-refractivity contribution in [1.29, 1.82) is 0 Å². The topological polar surface area (TPSA) is 57.8 Å².